The van der Waals surface area contributed by atoms with Gasteiger partial charge in [-0.15, -0.1) is 0 Å². The Kier molecular flexibility index (Phi) is 3.19. The van der Waals surface area contributed by atoms with E-state index in [0.717, 1.165) is 16.9 Å². The van der Waals surface area contributed by atoms with E-state index in [4.69, 9.17) is 4.74 Å². The molecule has 0 amide bonds. The SMILES string of the molecule is COc1ccc(Cc2ccc(O)cc2O)cc1. The molecule has 0 bridgehead atoms. The summed E-state index contributed by atoms with van der Waals surface area (Å²) in [5.41, 5.74) is 1.86. The average Bonchev–Trinajstić information content (AvgIpc) is 2.34. The number of aromatic hydroxyl groups is 2. The zero-order valence-electron chi connectivity index (χ0n) is 9.55. The molecule has 2 N–H and O–H groups in total. The molecule has 0 aromatic heterocycles. The number of hydrogen-bond donors (Lipinski definition) is 2. The fraction of sp³-hybridized carbons (Fsp3) is 0.143. The Morgan fingerprint density at radius 3 is 2.29 bits per heavy atom. The van der Waals surface area contributed by atoms with E-state index in [1.807, 2.05) is 24.3 Å². The average molecular weight is 230 g/mol. The van der Waals surface area contributed by atoms with Crippen molar-refractivity contribution in [3.05, 3.63) is 53.6 Å². The van der Waals surface area contributed by atoms with E-state index in [-0.39, 0.29) is 11.5 Å². The van der Waals surface area contributed by atoms with Gasteiger partial charge in [0, 0.05) is 12.5 Å². The van der Waals surface area contributed by atoms with Crippen molar-refractivity contribution in [2.75, 3.05) is 7.11 Å². The number of rotatable bonds is 3. The Morgan fingerprint density at radius 1 is 1.00 bits per heavy atom. The van der Waals surface area contributed by atoms with E-state index >= 15 is 0 Å². The molecule has 0 aliphatic rings. The minimum Gasteiger partial charge on any atom is -0.508 e. The highest BCUT2D eigenvalue weighted by atomic mass is 16.5. The molecule has 0 saturated carbocycles. The molecule has 0 fully saturated rings. The summed E-state index contributed by atoms with van der Waals surface area (Å²) in [7, 11) is 1.63. The van der Waals surface area contributed by atoms with Crippen LogP contribution < -0.4 is 4.74 Å². The van der Waals surface area contributed by atoms with Crippen LogP contribution >= 0.6 is 0 Å². The van der Waals surface area contributed by atoms with Crippen LogP contribution in [0.5, 0.6) is 17.2 Å². The summed E-state index contributed by atoms with van der Waals surface area (Å²) in [6.45, 7) is 0. The van der Waals surface area contributed by atoms with Crippen molar-refractivity contribution in [2.45, 2.75) is 6.42 Å². The van der Waals surface area contributed by atoms with Crippen LogP contribution in [-0.2, 0) is 6.42 Å². The second-order valence-electron chi connectivity index (χ2n) is 3.84. The quantitative estimate of drug-likeness (QED) is 0.852. The number of phenolic OH excluding ortho intramolecular Hbond substituents is 2. The van der Waals surface area contributed by atoms with Gasteiger partial charge in [-0.25, -0.2) is 0 Å². The molecule has 0 unspecified atom stereocenters. The van der Waals surface area contributed by atoms with Gasteiger partial charge in [-0.3, -0.25) is 0 Å². The van der Waals surface area contributed by atoms with E-state index in [1.54, 1.807) is 19.2 Å². The van der Waals surface area contributed by atoms with Crippen molar-refractivity contribution in [3.8, 4) is 17.2 Å². The zero-order chi connectivity index (χ0) is 12.3. The van der Waals surface area contributed by atoms with Crippen molar-refractivity contribution in [3.63, 3.8) is 0 Å². The summed E-state index contributed by atoms with van der Waals surface area (Å²) < 4.78 is 5.08. The summed E-state index contributed by atoms with van der Waals surface area (Å²) >= 11 is 0. The summed E-state index contributed by atoms with van der Waals surface area (Å²) in [4.78, 5) is 0. The Labute approximate surface area is 99.9 Å². The van der Waals surface area contributed by atoms with Gasteiger partial charge in [0.15, 0.2) is 0 Å². The van der Waals surface area contributed by atoms with Gasteiger partial charge in [-0.2, -0.15) is 0 Å². The molecule has 2 aromatic carbocycles. The van der Waals surface area contributed by atoms with Crippen molar-refractivity contribution in [1.82, 2.24) is 0 Å². The lowest BCUT2D eigenvalue weighted by Crippen LogP contribution is -1.89. The van der Waals surface area contributed by atoms with Crippen LogP contribution in [0.2, 0.25) is 0 Å². The molecule has 88 valence electrons. The van der Waals surface area contributed by atoms with E-state index in [1.165, 1.54) is 6.07 Å². The van der Waals surface area contributed by atoms with Crippen molar-refractivity contribution >= 4 is 0 Å². The van der Waals surface area contributed by atoms with Crippen molar-refractivity contribution in [1.29, 1.82) is 0 Å². The lowest BCUT2D eigenvalue weighted by molar-refractivity contribution is 0.414. The van der Waals surface area contributed by atoms with Crippen LogP contribution in [0.3, 0.4) is 0 Å². The zero-order valence-corrected chi connectivity index (χ0v) is 9.55. The summed E-state index contributed by atoms with van der Waals surface area (Å²) in [6, 6.07) is 12.3. The number of phenols is 2. The van der Waals surface area contributed by atoms with Crippen LogP contribution in [0, 0.1) is 0 Å². The molecule has 3 heteroatoms. The van der Waals surface area contributed by atoms with Gasteiger partial charge in [-0.05, 0) is 29.3 Å². The molecule has 0 heterocycles. The van der Waals surface area contributed by atoms with E-state index < -0.39 is 0 Å². The maximum absolute atomic E-state index is 9.67. The molecule has 2 rings (SSSR count). The summed E-state index contributed by atoms with van der Waals surface area (Å²) in [5.74, 6) is 0.991. The highest BCUT2D eigenvalue weighted by Crippen LogP contribution is 2.25. The largest absolute Gasteiger partial charge is 0.508 e. The molecule has 0 aliphatic heterocycles. The molecule has 17 heavy (non-hydrogen) atoms. The number of hydrogen-bond acceptors (Lipinski definition) is 3. The van der Waals surface area contributed by atoms with Crippen LogP contribution in [0.1, 0.15) is 11.1 Å². The standard InChI is InChI=1S/C14H14O3/c1-17-13-6-2-10(3-7-13)8-11-4-5-12(15)9-14(11)16/h2-7,9,15-16H,8H2,1H3. The van der Waals surface area contributed by atoms with Crippen LogP contribution in [0.4, 0.5) is 0 Å². The van der Waals surface area contributed by atoms with Gasteiger partial charge < -0.3 is 14.9 Å². The summed E-state index contributed by atoms with van der Waals surface area (Å²) in [6.07, 6.45) is 0.621. The van der Waals surface area contributed by atoms with Gasteiger partial charge in [0.2, 0.25) is 0 Å². The Balaban J connectivity index is 2.19. The van der Waals surface area contributed by atoms with E-state index in [2.05, 4.69) is 0 Å². The predicted octanol–water partition coefficient (Wildman–Crippen LogP) is 2.70. The minimum atomic E-state index is 0.0704. The first kappa shape index (κ1) is 11.3. The van der Waals surface area contributed by atoms with Gasteiger partial charge in [0.05, 0.1) is 7.11 Å². The maximum Gasteiger partial charge on any atom is 0.122 e. The third-order valence-electron chi connectivity index (χ3n) is 2.62. The van der Waals surface area contributed by atoms with E-state index in [0.29, 0.717) is 6.42 Å². The predicted molar refractivity (Wildman–Crippen MR) is 65.6 cm³/mol. The van der Waals surface area contributed by atoms with Crippen molar-refractivity contribution < 1.29 is 14.9 Å². The van der Waals surface area contributed by atoms with Gasteiger partial charge in [0.1, 0.15) is 17.2 Å². The van der Waals surface area contributed by atoms with Gasteiger partial charge in [-0.1, -0.05) is 18.2 Å². The van der Waals surface area contributed by atoms with Crippen LogP contribution in [-0.4, -0.2) is 17.3 Å². The molecule has 0 aliphatic carbocycles. The molecule has 0 spiro atoms. The monoisotopic (exact) mass is 230 g/mol. The first-order chi connectivity index (χ1) is 8.19. The summed E-state index contributed by atoms with van der Waals surface area (Å²) in [5, 5.41) is 18.9. The highest BCUT2D eigenvalue weighted by molar-refractivity contribution is 5.42. The number of methoxy groups -OCH3 is 1. The highest BCUT2D eigenvalue weighted by Gasteiger charge is 2.03. The Bertz CT molecular complexity index is 503. The minimum absolute atomic E-state index is 0.0704. The lowest BCUT2D eigenvalue weighted by Gasteiger charge is -2.06. The molecule has 0 saturated heterocycles. The van der Waals surface area contributed by atoms with Crippen LogP contribution in [0.25, 0.3) is 0 Å². The number of ether oxygens (including phenoxy) is 1. The molecular weight excluding hydrogens is 216 g/mol. The Morgan fingerprint density at radius 2 is 1.71 bits per heavy atom. The van der Waals surface area contributed by atoms with Crippen molar-refractivity contribution in [2.24, 2.45) is 0 Å². The normalized spacial score (nSPS) is 10.2. The molecule has 2 aromatic rings. The van der Waals surface area contributed by atoms with E-state index in [9.17, 15) is 10.2 Å². The third kappa shape index (κ3) is 2.69. The molecule has 0 radical (unpaired) electrons. The Hall–Kier alpha value is -2.16. The first-order valence-electron chi connectivity index (χ1n) is 5.33. The number of benzene rings is 2. The fourth-order valence-electron chi connectivity index (χ4n) is 1.67. The molecule has 0 atom stereocenters. The topological polar surface area (TPSA) is 49.7 Å². The second-order valence-corrected chi connectivity index (χ2v) is 3.84. The lowest BCUT2D eigenvalue weighted by atomic mass is 10.0. The molecule has 3 nitrogen and oxygen atoms in total. The second kappa shape index (κ2) is 4.78. The van der Waals surface area contributed by atoms with Gasteiger partial charge >= 0.3 is 0 Å². The third-order valence-corrected chi connectivity index (χ3v) is 2.62. The molecular formula is C14H14O3. The van der Waals surface area contributed by atoms with Gasteiger partial charge in [0.25, 0.3) is 0 Å². The fourth-order valence-corrected chi connectivity index (χ4v) is 1.67. The maximum atomic E-state index is 9.67. The van der Waals surface area contributed by atoms with Crippen LogP contribution in [0.15, 0.2) is 42.5 Å². The smallest absolute Gasteiger partial charge is 0.122 e. The first-order valence-corrected chi connectivity index (χ1v) is 5.33.